The Labute approximate surface area is 189 Å². The third-order valence-corrected chi connectivity index (χ3v) is 5.55. The normalized spacial score (nSPS) is 15.2. The standard InChI is InChI=1S/C24H32N4O4/c1-16(2)26-32-18(4)23(29)28-12-10-19(11-13-28)22-21(9-8-17(3)25-22)24(30)27(5)15-20-7-6-14-31-20/h6-9,14,18-19H,10-13,15H2,1-5H3. The molecule has 3 rings (SSSR count). The zero-order chi connectivity index (χ0) is 23.3. The van der Waals surface area contributed by atoms with Gasteiger partial charge in [0.15, 0.2) is 0 Å². The minimum Gasteiger partial charge on any atom is -0.467 e. The average Bonchev–Trinajstić information content (AvgIpc) is 3.29. The molecule has 2 aromatic heterocycles. The van der Waals surface area contributed by atoms with Gasteiger partial charge in [0.1, 0.15) is 5.76 Å². The smallest absolute Gasteiger partial charge is 0.266 e. The van der Waals surface area contributed by atoms with Crippen molar-refractivity contribution in [3.05, 3.63) is 53.2 Å². The fraction of sp³-hybridized carbons (Fsp3) is 0.500. The van der Waals surface area contributed by atoms with E-state index in [1.165, 1.54) is 0 Å². The van der Waals surface area contributed by atoms with Crippen LogP contribution in [0.1, 0.15) is 67.0 Å². The number of nitrogens with zero attached hydrogens (tertiary/aromatic N) is 4. The van der Waals surface area contributed by atoms with Crippen molar-refractivity contribution >= 4 is 17.5 Å². The first-order chi connectivity index (χ1) is 15.3. The second kappa shape index (κ2) is 10.4. The Morgan fingerprint density at radius 3 is 2.62 bits per heavy atom. The lowest BCUT2D eigenvalue weighted by atomic mass is 9.89. The van der Waals surface area contributed by atoms with Gasteiger partial charge in [-0.25, -0.2) is 0 Å². The Bertz CT molecular complexity index is 958. The van der Waals surface area contributed by atoms with Crippen LogP contribution in [-0.2, 0) is 16.2 Å². The van der Waals surface area contributed by atoms with E-state index in [0.717, 1.165) is 35.7 Å². The van der Waals surface area contributed by atoms with Crippen molar-refractivity contribution in [3.63, 3.8) is 0 Å². The summed E-state index contributed by atoms with van der Waals surface area (Å²) < 4.78 is 5.37. The van der Waals surface area contributed by atoms with Crippen LogP contribution in [-0.4, -0.2) is 58.6 Å². The number of amides is 2. The molecule has 0 bridgehead atoms. The number of aromatic nitrogens is 1. The van der Waals surface area contributed by atoms with Gasteiger partial charge in [-0.1, -0.05) is 5.16 Å². The lowest BCUT2D eigenvalue weighted by molar-refractivity contribution is -0.143. The number of piperidine rings is 1. The third kappa shape index (κ3) is 5.75. The van der Waals surface area contributed by atoms with Gasteiger partial charge in [0.05, 0.1) is 29.8 Å². The van der Waals surface area contributed by atoms with Crippen LogP contribution in [0.2, 0.25) is 0 Å². The van der Waals surface area contributed by atoms with Gasteiger partial charge in [-0.2, -0.15) is 0 Å². The Morgan fingerprint density at radius 2 is 2.00 bits per heavy atom. The zero-order valence-electron chi connectivity index (χ0n) is 19.5. The molecule has 1 aliphatic heterocycles. The molecule has 1 atom stereocenters. The van der Waals surface area contributed by atoms with Crippen molar-refractivity contribution in [3.8, 4) is 0 Å². The fourth-order valence-corrected chi connectivity index (χ4v) is 3.84. The molecule has 3 heterocycles. The van der Waals surface area contributed by atoms with E-state index in [1.807, 2.05) is 49.9 Å². The highest BCUT2D eigenvalue weighted by molar-refractivity contribution is 5.95. The molecule has 2 aromatic rings. The van der Waals surface area contributed by atoms with Gasteiger partial charge in [-0.05, 0) is 64.8 Å². The van der Waals surface area contributed by atoms with Gasteiger partial charge in [-0.15, -0.1) is 0 Å². The highest BCUT2D eigenvalue weighted by atomic mass is 16.6. The molecule has 2 amide bonds. The molecule has 0 aliphatic carbocycles. The first-order valence-corrected chi connectivity index (χ1v) is 11.0. The lowest BCUT2D eigenvalue weighted by Crippen LogP contribution is -2.43. The average molecular weight is 441 g/mol. The van der Waals surface area contributed by atoms with Gasteiger partial charge in [-0.3, -0.25) is 14.6 Å². The van der Waals surface area contributed by atoms with E-state index in [0.29, 0.717) is 25.2 Å². The molecule has 1 aliphatic rings. The van der Waals surface area contributed by atoms with Gasteiger partial charge in [0.25, 0.3) is 11.8 Å². The molecule has 8 heteroatoms. The van der Waals surface area contributed by atoms with E-state index in [1.54, 1.807) is 25.1 Å². The van der Waals surface area contributed by atoms with Crippen LogP contribution >= 0.6 is 0 Å². The molecule has 1 saturated heterocycles. The minimum atomic E-state index is -0.620. The SMILES string of the molecule is CC(C)=NOC(C)C(=O)N1CCC(c2nc(C)ccc2C(=O)N(C)Cc2ccco2)CC1. The number of furan rings is 1. The molecular weight excluding hydrogens is 408 g/mol. The van der Waals surface area contributed by atoms with E-state index in [2.05, 4.69) is 5.16 Å². The third-order valence-electron chi connectivity index (χ3n) is 5.55. The quantitative estimate of drug-likeness (QED) is 0.483. The maximum Gasteiger partial charge on any atom is 0.266 e. The summed E-state index contributed by atoms with van der Waals surface area (Å²) in [5.41, 5.74) is 3.06. The first kappa shape index (κ1) is 23.5. The van der Waals surface area contributed by atoms with Crippen LogP contribution in [0.25, 0.3) is 0 Å². The highest BCUT2D eigenvalue weighted by Crippen LogP contribution is 2.30. The first-order valence-electron chi connectivity index (χ1n) is 11.0. The molecule has 0 N–H and O–H groups in total. The Balaban J connectivity index is 1.68. The highest BCUT2D eigenvalue weighted by Gasteiger charge is 2.31. The number of hydrogen-bond acceptors (Lipinski definition) is 6. The number of rotatable bonds is 7. The summed E-state index contributed by atoms with van der Waals surface area (Å²) in [7, 11) is 1.76. The number of likely N-dealkylation sites (tertiary alicyclic amines) is 1. The summed E-state index contributed by atoms with van der Waals surface area (Å²) in [6.07, 6.45) is 2.47. The van der Waals surface area contributed by atoms with E-state index in [4.69, 9.17) is 14.2 Å². The van der Waals surface area contributed by atoms with Crippen LogP contribution in [0, 0.1) is 6.92 Å². The summed E-state index contributed by atoms with van der Waals surface area (Å²) >= 11 is 0. The van der Waals surface area contributed by atoms with E-state index in [-0.39, 0.29) is 17.7 Å². The van der Waals surface area contributed by atoms with Crippen LogP contribution in [0.15, 0.2) is 40.1 Å². The van der Waals surface area contributed by atoms with Crippen molar-refractivity contribution in [2.75, 3.05) is 20.1 Å². The van der Waals surface area contributed by atoms with Gasteiger partial charge < -0.3 is 19.1 Å². The predicted octanol–water partition coefficient (Wildman–Crippen LogP) is 3.76. The van der Waals surface area contributed by atoms with Crippen molar-refractivity contribution < 1.29 is 18.8 Å². The molecule has 1 unspecified atom stereocenters. The molecule has 1 fully saturated rings. The molecule has 0 radical (unpaired) electrons. The van der Waals surface area contributed by atoms with Gasteiger partial charge in [0, 0.05) is 31.7 Å². The second-order valence-electron chi connectivity index (χ2n) is 8.51. The van der Waals surface area contributed by atoms with Crippen molar-refractivity contribution in [1.82, 2.24) is 14.8 Å². The minimum absolute atomic E-state index is 0.0693. The monoisotopic (exact) mass is 440 g/mol. The van der Waals surface area contributed by atoms with Gasteiger partial charge >= 0.3 is 0 Å². The number of carbonyl (C=O) groups is 2. The summed E-state index contributed by atoms with van der Waals surface area (Å²) in [5.74, 6) is 0.688. The number of aryl methyl sites for hydroxylation is 1. The second-order valence-corrected chi connectivity index (χ2v) is 8.51. The maximum absolute atomic E-state index is 13.2. The van der Waals surface area contributed by atoms with Crippen molar-refractivity contribution in [1.29, 1.82) is 0 Å². The number of hydrogen-bond donors (Lipinski definition) is 0. The largest absolute Gasteiger partial charge is 0.467 e. The number of oxime groups is 1. The molecule has 172 valence electrons. The van der Waals surface area contributed by atoms with E-state index >= 15 is 0 Å². The predicted molar refractivity (Wildman–Crippen MR) is 121 cm³/mol. The fourth-order valence-electron chi connectivity index (χ4n) is 3.84. The Kier molecular flexibility index (Phi) is 7.66. The lowest BCUT2D eigenvalue weighted by Gasteiger charge is -2.33. The zero-order valence-corrected chi connectivity index (χ0v) is 19.5. The molecule has 8 nitrogen and oxygen atoms in total. The van der Waals surface area contributed by atoms with Crippen LogP contribution in [0.4, 0.5) is 0 Å². The number of carbonyl (C=O) groups excluding carboxylic acids is 2. The van der Waals surface area contributed by atoms with Crippen LogP contribution in [0.3, 0.4) is 0 Å². The van der Waals surface area contributed by atoms with E-state index in [9.17, 15) is 9.59 Å². The van der Waals surface area contributed by atoms with Gasteiger partial charge in [0.2, 0.25) is 6.10 Å². The van der Waals surface area contributed by atoms with Crippen molar-refractivity contribution in [2.24, 2.45) is 5.16 Å². The number of pyridine rings is 1. The summed E-state index contributed by atoms with van der Waals surface area (Å²) in [5, 5.41) is 3.90. The van der Waals surface area contributed by atoms with E-state index < -0.39 is 6.10 Å². The summed E-state index contributed by atoms with van der Waals surface area (Å²) in [6, 6.07) is 7.38. The molecule has 0 saturated carbocycles. The molecule has 32 heavy (non-hydrogen) atoms. The summed E-state index contributed by atoms with van der Waals surface area (Å²) in [4.78, 5) is 39.3. The molecular formula is C24H32N4O4. The van der Waals surface area contributed by atoms with Crippen molar-refractivity contribution in [2.45, 2.75) is 59.1 Å². The molecule has 0 spiro atoms. The Morgan fingerprint density at radius 1 is 1.28 bits per heavy atom. The summed E-state index contributed by atoms with van der Waals surface area (Å²) in [6.45, 7) is 8.87. The van der Waals surface area contributed by atoms with Crippen LogP contribution in [0.5, 0.6) is 0 Å². The topological polar surface area (TPSA) is 88.2 Å². The molecule has 0 aromatic carbocycles. The Hall–Kier alpha value is -3.16. The van der Waals surface area contributed by atoms with Crippen LogP contribution < -0.4 is 0 Å². The maximum atomic E-state index is 13.2.